The Labute approximate surface area is 97.0 Å². The van der Waals surface area contributed by atoms with Gasteiger partial charge in [0, 0.05) is 17.6 Å². The lowest BCUT2D eigenvalue weighted by Crippen LogP contribution is -2.45. The first kappa shape index (κ1) is 10.2. The van der Waals surface area contributed by atoms with E-state index in [9.17, 15) is 0 Å². The molecule has 0 bridgehead atoms. The van der Waals surface area contributed by atoms with E-state index in [1.54, 1.807) is 11.1 Å². The summed E-state index contributed by atoms with van der Waals surface area (Å²) in [7, 11) is 0. The first-order valence-electron chi connectivity index (χ1n) is 6.19. The van der Waals surface area contributed by atoms with E-state index in [0.29, 0.717) is 5.41 Å². The van der Waals surface area contributed by atoms with Crippen LogP contribution in [-0.2, 0) is 17.6 Å². The Morgan fingerprint density at radius 2 is 2.06 bits per heavy atom. The standard InChI is InChI=1S/C14H19NO/c1-14(9-16-10-14)8-15-13-6-5-11-3-2-4-12(11)7-13/h5-7,15H,2-4,8-10H2,1H3. The van der Waals surface area contributed by atoms with Crippen LogP contribution in [0.25, 0.3) is 0 Å². The van der Waals surface area contributed by atoms with E-state index in [0.717, 1.165) is 19.8 Å². The lowest BCUT2D eigenvalue weighted by atomic mass is 9.88. The van der Waals surface area contributed by atoms with Gasteiger partial charge in [-0.15, -0.1) is 0 Å². The molecule has 0 spiro atoms. The maximum atomic E-state index is 5.26. The van der Waals surface area contributed by atoms with Crippen LogP contribution in [0, 0.1) is 5.41 Å². The minimum atomic E-state index is 0.346. The second-order valence-electron chi connectivity index (χ2n) is 5.49. The van der Waals surface area contributed by atoms with Gasteiger partial charge in [0.05, 0.1) is 13.2 Å². The molecular formula is C14H19NO. The van der Waals surface area contributed by atoms with Crippen LogP contribution in [0.3, 0.4) is 0 Å². The summed E-state index contributed by atoms with van der Waals surface area (Å²) in [6.07, 6.45) is 3.84. The highest BCUT2D eigenvalue weighted by Gasteiger charge is 2.32. The summed E-state index contributed by atoms with van der Waals surface area (Å²) in [4.78, 5) is 0. The topological polar surface area (TPSA) is 21.3 Å². The van der Waals surface area contributed by atoms with Gasteiger partial charge in [-0.1, -0.05) is 13.0 Å². The van der Waals surface area contributed by atoms with Crippen molar-refractivity contribution in [3.05, 3.63) is 29.3 Å². The van der Waals surface area contributed by atoms with Crippen molar-refractivity contribution >= 4 is 5.69 Å². The van der Waals surface area contributed by atoms with E-state index in [1.165, 1.54) is 24.9 Å². The predicted molar refractivity (Wildman–Crippen MR) is 65.9 cm³/mol. The van der Waals surface area contributed by atoms with E-state index < -0.39 is 0 Å². The monoisotopic (exact) mass is 217 g/mol. The first-order chi connectivity index (χ1) is 7.75. The minimum absolute atomic E-state index is 0.346. The Balaban J connectivity index is 1.66. The quantitative estimate of drug-likeness (QED) is 0.840. The molecule has 0 atom stereocenters. The van der Waals surface area contributed by atoms with Crippen LogP contribution < -0.4 is 5.32 Å². The van der Waals surface area contributed by atoms with Crippen molar-refractivity contribution < 1.29 is 4.74 Å². The third kappa shape index (κ3) is 1.82. The van der Waals surface area contributed by atoms with Gasteiger partial charge < -0.3 is 10.1 Å². The second-order valence-corrected chi connectivity index (χ2v) is 5.49. The fraction of sp³-hybridized carbons (Fsp3) is 0.571. The maximum Gasteiger partial charge on any atom is 0.0559 e. The molecule has 1 aromatic rings. The van der Waals surface area contributed by atoms with Crippen molar-refractivity contribution in [3.63, 3.8) is 0 Å². The molecule has 0 unspecified atom stereocenters. The Morgan fingerprint density at radius 1 is 1.25 bits per heavy atom. The normalized spacial score (nSPS) is 21.3. The first-order valence-corrected chi connectivity index (χ1v) is 6.19. The molecule has 1 aliphatic heterocycles. The lowest BCUT2D eigenvalue weighted by molar-refractivity contribution is -0.0924. The third-order valence-corrected chi connectivity index (χ3v) is 3.72. The van der Waals surface area contributed by atoms with Crippen molar-refractivity contribution in [3.8, 4) is 0 Å². The number of aryl methyl sites for hydroxylation is 2. The molecule has 1 aliphatic carbocycles. The number of anilines is 1. The number of hydrogen-bond donors (Lipinski definition) is 1. The SMILES string of the molecule is CC1(CNc2ccc3c(c2)CCC3)COC1. The molecule has 2 heteroatoms. The van der Waals surface area contributed by atoms with E-state index in [1.807, 2.05) is 0 Å². The zero-order valence-corrected chi connectivity index (χ0v) is 9.88. The Bertz CT molecular complexity index is 396. The average Bonchev–Trinajstić information content (AvgIpc) is 2.70. The molecule has 1 heterocycles. The van der Waals surface area contributed by atoms with E-state index in [-0.39, 0.29) is 0 Å². The number of benzene rings is 1. The van der Waals surface area contributed by atoms with Gasteiger partial charge in [0.2, 0.25) is 0 Å². The molecule has 1 fully saturated rings. The van der Waals surface area contributed by atoms with E-state index in [2.05, 4.69) is 30.4 Å². The molecule has 1 aromatic carbocycles. The van der Waals surface area contributed by atoms with Gasteiger partial charge in [0.15, 0.2) is 0 Å². The van der Waals surface area contributed by atoms with Gasteiger partial charge in [-0.25, -0.2) is 0 Å². The zero-order valence-electron chi connectivity index (χ0n) is 9.88. The van der Waals surface area contributed by atoms with Gasteiger partial charge in [0.1, 0.15) is 0 Å². The highest BCUT2D eigenvalue weighted by Crippen LogP contribution is 2.28. The maximum absolute atomic E-state index is 5.26. The van der Waals surface area contributed by atoms with Gasteiger partial charge in [-0.2, -0.15) is 0 Å². The molecule has 16 heavy (non-hydrogen) atoms. The summed E-state index contributed by atoms with van der Waals surface area (Å²) < 4.78 is 5.26. The molecule has 1 saturated heterocycles. The van der Waals surface area contributed by atoms with Crippen molar-refractivity contribution in [2.45, 2.75) is 26.2 Å². The summed E-state index contributed by atoms with van der Waals surface area (Å²) in [6.45, 7) is 5.08. The van der Waals surface area contributed by atoms with Crippen LogP contribution in [0.5, 0.6) is 0 Å². The van der Waals surface area contributed by atoms with Gasteiger partial charge in [0.25, 0.3) is 0 Å². The molecule has 0 radical (unpaired) electrons. The summed E-state index contributed by atoms with van der Waals surface area (Å²) in [5.74, 6) is 0. The lowest BCUT2D eigenvalue weighted by Gasteiger charge is -2.38. The van der Waals surface area contributed by atoms with Crippen molar-refractivity contribution in [1.82, 2.24) is 0 Å². The molecule has 2 aliphatic rings. The third-order valence-electron chi connectivity index (χ3n) is 3.72. The molecule has 1 N–H and O–H groups in total. The number of rotatable bonds is 3. The Kier molecular flexibility index (Phi) is 2.40. The molecule has 0 amide bonds. The molecule has 3 rings (SSSR count). The summed E-state index contributed by atoms with van der Waals surface area (Å²) in [5, 5.41) is 3.54. The number of nitrogens with one attached hydrogen (secondary N) is 1. The summed E-state index contributed by atoms with van der Waals surface area (Å²) in [6, 6.07) is 6.82. The van der Waals surface area contributed by atoms with E-state index in [4.69, 9.17) is 4.74 Å². The van der Waals surface area contributed by atoms with Crippen molar-refractivity contribution in [1.29, 1.82) is 0 Å². The highest BCUT2D eigenvalue weighted by atomic mass is 16.5. The zero-order chi connectivity index (χ0) is 11.0. The van der Waals surface area contributed by atoms with Crippen molar-refractivity contribution in [2.24, 2.45) is 5.41 Å². The van der Waals surface area contributed by atoms with Crippen LogP contribution in [-0.4, -0.2) is 19.8 Å². The molecule has 2 nitrogen and oxygen atoms in total. The summed E-state index contributed by atoms with van der Waals surface area (Å²) >= 11 is 0. The fourth-order valence-electron chi connectivity index (χ4n) is 2.55. The van der Waals surface area contributed by atoms with Gasteiger partial charge in [-0.3, -0.25) is 0 Å². The largest absolute Gasteiger partial charge is 0.384 e. The smallest absolute Gasteiger partial charge is 0.0559 e. The van der Waals surface area contributed by atoms with Crippen LogP contribution in [0.1, 0.15) is 24.5 Å². The van der Waals surface area contributed by atoms with Crippen LogP contribution in [0.4, 0.5) is 5.69 Å². The predicted octanol–water partition coefficient (Wildman–Crippen LogP) is 2.62. The molecule has 0 saturated carbocycles. The Hall–Kier alpha value is -1.02. The highest BCUT2D eigenvalue weighted by molar-refractivity contribution is 5.50. The molecule has 86 valence electrons. The fourth-order valence-corrected chi connectivity index (χ4v) is 2.55. The Morgan fingerprint density at radius 3 is 2.81 bits per heavy atom. The second kappa shape index (κ2) is 3.77. The molecule has 0 aromatic heterocycles. The van der Waals surface area contributed by atoms with Crippen LogP contribution in [0.2, 0.25) is 0 Å². The van der Waals surface area contributed by atoms with Crippen molar-refractivity contribution in [2.75, 3.05) is 25.1 Å². The number of ether oxygens (including phenoxy) is 1. The average molecular weight is 217 g/mol. The molecular weight excluding hydrogens is 198 g/mol. The number of hydrogen-bond acceptors (Lipinski definition) is 2. The van der Waals surface area contributed by atoms with Crippen LogP contribution in [0.15, 0.2) is 18.2 Å². The number of fused-ring (bicyclic) bond motifs is 1. The minimum Gasteiger partial charge on any atom is -0.384 e. The van der Waals surface area contributed by atoms with Gasteiger partial charge >= 0.3 is 0 Å². The summed E-state index contributed by atoms with van der Waals surface area (Å²) in [5.41, 5.74) is 4.71. The van der Waals surface area contributed by atoms with Gasteiger partial charge in [-0.05, 0) is 42.5 Å². The van der Waals surface area contributed by atoms with E-state index >= 15 is 0 Å². The van der Waals surface area contributed by atoms with Crippen LogP contribution >= 0.6 is 0 Å².